The molecular weight excluding hydrogens is 372 g/mol. The van der Waals surface area contributed by atoms with Crippen molar-refractivity contribution in [3.8, 4) is 11.8 Å². The van der Waals surface area contributed by atoms with E-state index in [9.17, 15) is 0 Å². The van der Waals surface area contributed by atoms with Crippen molar-refractivity contribution in [3.63, 3.8) is 0 Å². The molecule has 1 fully saturated rings. The maximum Gasteiger partial charge on any atom is 0.0249 e. The molecule has 0 bridgehead atoms. The van der Waals surface area contributed by atoms with E-state index < -0.39 is 0 Å². The van der Waals surface area contributed by atoms with Gasteiger partial charge in [0.1, 0.15) is 0 Å². The first-order valence-corrected chi connectivity index (χ1v) is 13.6. The molecular formula is C31H46. The average Bonchev–Trinajstić information content (AvgIpc) is 2.82. The summed E-state index contributed by atoms with van der Waals surface area (Å²) < 4.78 is 0. The molecule has 0 nitrogen and oxygen atoms in total. The van der Waals surface area contributed by atoms with Crippen LogP contribution in [0.25, 0.3) is 0 Å². The van der Waals surface area contributed by atoms with Gasteiger partial charge in [-0.15, -0.1) is 0 Å². The Morgan fingerprint density at radius 1 is 0.710 bits per heavy atom. The summed E-state index contributed by atoms with van der Waals surface area (Å²) in [6.07, 6.45) is 24.5. The molecule has 2 aliphatic rings. The Bertz CT molecular complexity index is 703. The molecule has 0 N–H and O–H groups in total. The third-order valence-corrected chi connectivity index (χ3v) is 7.80. The van der Waals surface area contributed by atoms with E-state index in [4.69, 9.17) is 0 Å². The highest BCUT2D eigenvalue weighted by Crippen LogP contribution is 2.37. The SMILES string of the molecule is CCCCCCC1CC=C(C#Cc2ccc(C3CCC(CCCCC)CC3)cc2)CC1. The molecule has 1 unspecified atom stereocenters. The van der Waals surface area contributed by atoms with Crippen LogP contribution in [0.5, 0.6) is 0 Å². The van der Waals surface area contributed by atoms with Crippen molar-refractivity contribution in [1.82, 2.24) is 0 Å². The summed E-state index contributed by atoms with van der Waals surface area (Å²) in [5.41, 5.74) is 4.09. The zero-order valence-corrected chi connectivity index (χ0v) is 20.4. The fraction of sp³-hybridized carbons (Fsp3) is 0.677. The van der Waals surface area contributed by atoms with Gasteiger partial charge in [0.05, 0.1) is 0 Å². The molecule has 0 heteroatoms. The third-order valence-electron chi connectivity index (χ3n) is 7.80. The highest BCUT2D eigenvalue weighted by molar-refractivity contribution is 5.42. The van der Waals surface area contributed by atoms with Crippen molar-refractivity contribution >= 4 is 0 Å². The second-order valence-electron chi connectivity index (χ2n) is 10.3. The molecule has 1 aromatic rings. The van der Waals surface area contributed by atoms with Crippen LogP contribution in [0.1, 0.15) is 134 Å². The van der Waals surface area contributed by atoms with Crippen molar-refractivity contribution in [2.45, 2.75) is 122 Å². The Balaban J connectivity index is 1.41. The summed E-state index contributed by atoms with van der Waals surface area (Å²) in [5.74, 6) is 9.59. The largest absolute Gasteiger partial charge is 0.0726 e. The second kappa shape index (κ2) is 13.8. The van der Waals surface area contributed by atoms with Gasteiger partial charge in [0.25, 0.3) is 0 Å². The molecule has 0 spiro atoms. The summed E-state index contributed by atoms with van der Waals surface area (Å²) in [7, 11) is 0. The first-order valence-electron chi connectivity index (χ1n) is 13.6. The van der Waals surface area contributed by atoms with E-state index in [0.29, 0.717) is 0 Å². The number of benzene rings is 1. The lowest BCUT2D eigenvalue weighted by molar-refractivity contribution is 0.303. The first-order chi connectivity index (χ1) is 15.3. The predicted molar refractivity (Wildman–Crippen MR) is 136 cm³/mol. The maximum atomic E-state index is 3.48. The summed E-state index contributed by atoms with van der Waals surface area (Å²) >= 11 is 0. The highest BCUT2D eigenvalue weighted by atomic mass is 14.3. The molecule has 0 aliphatic heterocycles. The van der Waals surface area contributed by atoms with Crippen LogP contribution >= 0.6 is 0 Å². The molecule has 1 atom stereocenters. The van der Waals surface area contributed by atoms with Crippen LogP contribution in [0.2, 0.25) is 0 Å². The van der Waals surface area contributed by atoms with Gasteiger partial charge in [-0.1, -0.05) is 102 Å². The Hall–Kier alpha value is -1.48. The standard InChI is InChI=1S/C31H46/c1-3-5-7-9-11-26-12-14-28(15-13-26)16-17-29-20-24-31(25-21-29)30-22-18-27(19-23-30)10-8-6-4-2/h14,20-21,24-27,30H,3-13,15,18-19,22-23H2,1-2H3. The van der Waals surface area contributed by atoms with E-state index in [-0.39, 0.29) is 0 Å². The molecule has 2 aliphatic carbocycles. The van der Waals surface area contributed by atoms with Gasteiger partial charge in [-0.3, -0.25) is 0 Å². The Morgan fingerprint density at radius 2 is 1.39 bits per heavy atom. The van der Waals surface area contributed by atoms with Crippen LogP contribution in [0.3, 0.4) is 0 Å². The fourth-order valence-electron chi connectivity index (χ4n) is 5.58. The summed E-state index contributed by atoms with van der Waals surface area (Å²) in [4.78, 5) is 0. The van der Waals surface area contributed by atoms with E-state index in [0.717, 1.165) is 17.8 Å². The molecule has 31 heavy (non-hydrogen) atoms. The number of rotatable bonds is 10. The van der Waals surface area contributed by atoms with Gasteiger partial charge in [-0.05, 0) is 86.0 Å². The van der Waals surface area contributed by atoms with E-state index in [1.165, 1.54) is 114 Å². The van der Waals surface area contributed by atoms with Crippen LogP contribution in [0.15, 0.2) is 35.9 Å². The molecule has 0 heterocycles. The minimum Gasteiger partial charge on any atom is -0.0726 e. The normalized spacial score (nSPS) is 23.7. The summed E-state index contributed by atoms with van der Waals surface area (Å²) in [6, 6.07) is 9.23. The number of allylic oxidation sites excluding steroid dienone is 2. The van der Waals surface area contributed by atoms with Gasteiger partial charge in [0, 0.05) is 5.56 Å². The minimum absolute atomic E-state index is 0.778. The lowest BCUT2D eigenvalue weighted by Crippen LogP contribution is -2.13. The Morgan fingerprint density at radius 3 is 2.06 bits per heavy atom. The predicted octanol–water partition coefficient (Wildman–Crippen LogP) is 9.59. The molecule has 170 valence electrons. The first kappa shape index (κ1) is 24.2. The topological polar surface area (TPSA) is 0 Å². The molecule has 0 amide bonds. The highest BCUT2D eigenvalue weighted by Gasteiger charge is 2.21. The van der Waals surface area contributed by atoms with E-state index in [1.807, 2.05) is 0 Å². The lowest BCUT2D eigenvalue weighted by Gasteiger charge is -2.29. The molecule has 1 aromatic carbocycles. The van der Waals surface area contributed by atoms with Gasteiger partial charge in [-0.25, -0.2) is 0 Å². The number of unbranched alkanes of at least 4 members (excludes halogenated alkanes) is 5. The van der Waals surface area contributed by atoms with Gasteiger partial charge in [0.2, 0.25) is 0 Å². The monoisotopic (exact) mass is 418 g/mol. The average molecular weight is 419 g/mol. The number of hydrogen-bond donors (Lipinski definition) is 0. The summed E-state index contributed by atoms with van der Waals surface area (Å²) in [6.45, 7) is 4.60. The maximum absolute atomic E-state index is 3.48. The zero-order chi connectivity index (χ0) is 21.7. The molecule has 3 rings (SSSR count). The molecule has 0 radical (unpaired) electrons. The Labute approximate surface area is 193 Å². The Kier molecular flexibility index (Phi) is 10.8. The van der Waals surface area contributed by atoms with E-state index >= 15 is 0 Å². The van der Waals surface area contributed by atoms with Crippen LogP contribution in [-0.2, 0) is 0 Å². The quantitative estimate of drug-likeness (QED) is 0.262. The zero-order valence-electron chi connectivity index (χ0n) is 20.4. The third kappa shape index (κ3) is 8.52. The van der Waals surface area contributed by atoms with Crippen LogP contribution < -0.4 is 0 Å². The van der Waals surface area contributed by atoms with Crippen molar-refractivity contribution in [2.75, 3.05) is 0 Å². The van der Waals surface area contributed by atoms with Crippen LogP contribution in [0, 0.1) is 23.7 Å². The molecule has 1 saturated carbocycles. The van der Waals surface area contributed by atoms with Gasteiger partial charge >= 0.3 is 0 Å². The van der Waals surface area contributed by atoms with Crippen molar-refractivity contribution in [2.24, 2.45) is 11.8 Å². The van der Waals surface area contributed by atoms with E-state index in [2.05, 4.69) is 56.0 Å². The molecule has 0 saturated heterocycles. The van der Waals surface area contributed by atoms with Crippen LogP contribution in [-0.4, -0.2) is 0 Å². The van der Waals surface area contributed by atoms with Crippen molar-refractivity contribution < 1.29 is 0 Å². The van der Waals surface area contributed by atoms with Crippen LogP contribution in [0.4, 0.5) is 0 Å². The number of hydrogen-bond acceptors (Lipinski definition) is 0. The van der Waals surface area contributed by atoms with Gasteiger partial charge in [-0.2, -0.15) is 0 Å². The smallest absolute Gasteiger partial charge is 0.0249 e. The lowest BCUT2D eigenvalue weighted by atomic mass is 9.77. The second-order valence-corrected chi connectivity index (χ2v) is 10.3. The summed E-state index contributed by atoms with van der Waals surface area (Å²) in [5, 5.41) is 0. The van der Waals surface area contributed by atoms with E-state index in [1.54, 1.807) is 5.56 Å². The van der Waals surface area contributed by atoms with Crippen molar-refractivity contribution in [3.05, 3.63) is 47.0 Å². The fourth-order valence-corrected chi connectivity index (χ4v) is 5.58. The van der Waals surface area contributed by atoms with Crippen molar-refractivity contribution in [1.29, 1.82) is 0 Å². The van der Waals surface area contributed by atoms with Gasteiger partial charge < -0.3 is 0 Å². The minimum atomic E-state index is 0.778. The molecule has 0 aromatic heterocycles. The van der Waals surface area contributed by atoms with Gasteiger partial charge in [0.15, 0.2) is 0 Å².